The van der Waals surface area contributed by atoms with E-state index in [4.69, 9.17) is 11.6 Å². The van der Waals surface area contributed by atoms with E-state index >= 15 is 0 Å². The summed E-state index contributed by atoms with van der Waals surface area (Å²) in [7, 11) is 0. The van der Waals surface area contributed by atoms with Crippen LogP contribution in [-0.4, -0.2) is 11.1 Å². The van der Waals surface area contributed by atoms with E-state index in [-0.39, 0.29) is 6.42 Å². The Hall–Kier alpha value is -2.07. The first kappa shape index (κ1) is 15.3. The molecular formula is C16H15ClFNO2. The highest BCUT2D eigenvalue weighted by atomic mass is 35.5. The van der Waals surface area contributed by atoms with E-state index in [0.29, 0.717) is 16.3 Å². The van der Waals surface area contributed by atoms with Crippen molar-refractivity contribution in [2.45, 2.75) is 18.9 Å². The Morgan fingerprint density at radius 3 is 2.57 bits per heavy atom. The van der Waals surface area contributed by atoms with Crippen LogP contribution >= 0.6 is 11.6 Å². The molecule has 2 aromatic carbocycles. The molecule has 0 spiro atoms. The zero-order valence-electron chi connectivity index (χ0n) is 11.4. The van der Waals surface area contributed by atoms with E-state index in [0.717, 1.165) is 0 Å². The molecule has 0 amide bonds. The number of anilines is 1. The minimum absolute atomic E-state index is 0.233. The number of carboxylic acids is 1. The van der Waals surface area contributed by atoms with Gasteiger partial charge in [-0.3, -0.25) is 0 Å². The third-order valence-corrected chi connectivity index (χ3v) is 3.76. The molecule has 0 fully saturated rings. The molecular weight excluding hydrogens is 293 g/mol. The fraction of sp³-hybridized carbons (Fsp3) is 0.188. The van der Waals surface area contributed by atoms with Crippen molar-refractivity contribution in [3.05, 3.63) is 64.9 Å². The molecule has 0 radical (unpaired) electrons. The third-order valence-electron chi connectivity index (χ3n) is 3.43. The lowest BCUT2D eigenvalue weighted by Gasteiger charge is -2.31. The van der Waals surface area contributed by atoms with Crippen molar-refractivity contribution in [3.8, 4) is 0 Å². The summed E-state index contributed by atoms with van der Waals surface area (Å²) in [5, 5.41) is 13.1. The summed E-state index contributed by atoms with van der Waals surface area (Å²) in [5.41, 5.74) is -0.599. The van der Waals surface area contributed by atoms with E-state index in [1.54, 1.807) is 37.3 Å². The van der Waals surface area contributed by atoms with Crippen LogP contribution in [0.15, 0.2) is 48.5 Å². The third kappa shape index (κ3) is 3.00. The van der Waals surface area contributed by atoms with Gasteiger partial charge in [-0.05, 0) is 36.2 Å². The van der Waals surface area contributed by atoms with Crippen molar-refractivity contribution in [2.75, 3.05) is 5.32 Å². The largest absolute Gasteiger partial charge is 0.479 e. The van der Waals surface area contributed by atoms with Gasteiger partial charge in [0.05, 0.1) is 10.7 Å². The molecule has 0 saturated carbocycles. The topological polar surface area (TPSA) is 49.3 Å². The fourth-order valence-electron chi connectivity index (χ4n) is 2.24. The summed E-state index contributed by atoms with van der Waals surface area (Å²) in [5.74, 6) is -1.57. The maximum Gasteiger partial charge on any atom is 0.334 e. The summed E-state index contributed by atoms with van der Waals surface area (Å²) in [6.45, 7) is 1.73. The second-order valence-corrected chi connectivity index (χ2v) is 5.09. The van der Waals surface area contributed by atoms with Crippen LogP contribution in [0.1, 0.15) is 18.9 Å². The standard InChI is InChI=1S/C16H15ClFNO2/c1-2-16(15(20)21,11-6-5-7-12(18)10-11)19-14-9-4-3-8-13(14)17/h3-10,19H,2H2,1H3,(H,20,21). The number of aliphatic carboxylic acids is 1. The molecule has 2 rings (SSSR count). The number of rotatable bonds is 5. The maximum absolute atomic E-state index is 13.5. The van der Waals surface area contributed by atoms with Crippen LogP contribution < -0.4 is 5.32 Å². The monoisotopic (exact) mass is 307 g/mol. The number of benzene rings is 2. The molecule has 21 heavy (non-hydrogen) atoms. The van der Waals surface area contributed by atoms with Crippen molar-refractivity contribution in [1.29, 1.82) is 0 Å². The number of nitrogens with one attached hydrogen (secondary N) is 1. The lowest BCUT2D eigenvalue weighted by Crippen LogP contribution is -2.43. The molecule has 1 atom stereocenters. The lowest BCUT2D eigenvalue weighted by atomic mass is 9.86. The van der Waals surface area contributed by atoms with Crippen LogP contribution in [0, 0.1) is 5.82 Å². The number of hydrogen-bond donors (Lipinski definition) is 2. The summed E-state index contributed by atoms with van der Waals surface area (Å²) < 4.78 is 13.5. The van der Waals surface area contributed by atoms with Crippen LogP contribution in [0.4, 0.5) is 10.1 Å². The molecule has 0 bridgehead atoms. The smallest absolute Gasteiger partial charge is 0.334 e. The predicted octanol–water partition coefficient (Wildman–Crippen LogP) is 4.28. The van der Waals surface area contributed by atoms with Gasteiger partial charge in [0.1, 0.15) is 5.82 Å². The molecule has 0 aliphatic heterocycles. The Bertz CT molecular complexity index is 662. The Balaban J connectivity index is 2.53. The first-order chi connectivity index (χ1) is 9.99. The number of halogens is 2. The van der Waals surface area contributed by atoms with Gasteiger partial charge in [0.15, 0.2) is 5.54 Å². The van der Waals surface area contributed by atoms with E-state index in [1.165, 1.54) is 18.2 Å². The Labute approximate surface area is 127 Å². The summed E-state index contributed by atoms with van der Waals surface area (Å²) >= 11 is 6.08. The molecule has 1 unspecified atom stereocenters. The zero-order valence-corrected chi connectivity index (χ0v) is 12.2. The average Bonchev–Trinajstić information content (AvgIpc) is 2.46. The number of para-hydroxylation sites is 1. The van der Waals surface area contributed by atoms with Crippen molar-refractivity contribution < 1.29 is 14.3 Å². The maximum atomic E-state index is 13.5. The van der Waals surface area contributed by atoms with Crippen LogP contribution in [0.2, 0.25) is 5.02 Å². The van der Waals surface area contributed by atoms with Crippen molar-refractivity contribution in [1.82, 2.24) is 0 Å². The molecule has 0 aromatic heterocycles. The molecule has 3 nitrogen and oxygen atoms in total. The first-order valence-corrected chi connectivity index (χ1v) is 6.89. The van der Waals surface area contributed by atoms with E-state index in [2.05, 4.69) is 5.32 Å². The van der Waals surface area contributed by atoms with Gasteiger partial charge >= 0.3 is 5.97 Å². The van der Waals surface area contributed by atoms with Gasteiger partial charge in [0.25, 0.3) is 0 Å². The SMILES string of the molecule is CCC(Nc1ccccc1Cl)(C(=O)O)c1cccc(F)c1. The highest BCUT2D eigenvalue weighted by molar-refractivity contribution is 6.33. The van der Waals surface area contributed by atoms with Gasteiger partial charge in [0, 0.05) is 0 Å². The van der Waals surface area contributed by atoms with E-state index < -0.39 is 17.3 Å². The normalized spacial score (nSPS) is 13.5. The molecule has 0 saturated heterocycles. The highest BCUT2D eigenvalue weighted by Gasteiger charge is 2.39. The van der Waals surface area contributed by atoms with Crippen LogP contribution in [0.3, 0.4) is 0 Å². The molecule has 2 N–H and O–H groups in total. The number of carboxylic acid groups (broad SMARTS) is 1. The van der Waals surface area contributed by atoms with Crippen LogP contribution in [-0.2, 0) is 10.3 Å². The minimum Gasteiger partial charge on any atom is -0.479 e. The van der Waals surface area contributed by atoms with E-state index in [9.17, 15) is 14.3 Å². The Kier molecular flexibility index (Phi) is 4.48. The van der Waals surface area contributed by atoms with Crippen molar-refractivity contribution in [3.63, 3.8) is 0 Å². The lowest BCUT2D eigenvalue weighted by molar-refractivity contribution is -0.142. The summed E-state index contributed by atoms with van der Waals surface area (Å²) in [6.07, 6.45) is 0.233. The Morgan fingerprint density at radius 1 is 1.29 bits per heavy atom. The number of hydrogen-bond acceptors (Lipinski definition) is 2. The van der Waals surface area contributed by atoms with Crippen molar-refractivity contribution >= 4 is 23.3 Å². The second kappa shape index (κ2) is 6.14. The van der Waals surface area contributed by atoms with Gasteiger partial charge in [-0.25, -0.2) is 9.18 Å². The zero-order chi connectivity index (χ0) is 15.5. The van der Waals surface area contributed by atoms with Gasteiger partial charge in [-0.15, -0.1) is 0 Å². The molecule has 5 heteroatoms. The van der Waals surface area contributed by atoms with Crippen LogP contribution in [0.25, 0.3) is 0 Å². The highest BCUT2D eigenvalue weighted by Crippen LogP contribution is 2.33. The van der Waals surface area contributed by atoms with Gasteiger partial charge < -0.3 is 10.4 Å². The Morgan fingerprint density at radius 2 is 2.00 bits per heavy atom. The predicted molar refractivity (Wildman–Crippen MR) is 81.1 cm³/mol. The quantitative estimate of drug-likeness (QED) is 0.866. The molecule has 110 valence electrons. The molecule has 2 aromatic rings. The van der Waals surface area contributed by atoms with Gasteiger partial charge in [0.2, 0.25) is 0 Å². The van der Waals surface area contributed by atoms with Crippen molar-refractivity contribution in [2.24, 2.45) is 0 Å². The van der Waals surface area contributed by atoms with Gasteiger partial charge in [-0.2, -0.15) is 0 Å². The molecule has 0 heterocycles. The first-order valence-electron chi connectivity index (χ1n) is 6.52. The molecule has 0 aliphatic rings. The number of carbonyl (C=O) groups is 1. The van der Waals surface area contributed by atoms with E-state index in [1.807, 2.05) is 0 Å². The molecule has 0 aliphatic carbocycles. The van der Waals surface area contributed by atoms with Gasteiger partial charge in [-0.1, -0.05) is 42.8 Å². The van der Waals surface area contributed by atoms with Crippen LogP contribution in [0.5, 0.6) is 0 Å². The fourth-order valence-corrected chi connectivity index (χ4v) is 2.42. The summed E-state index contributed by atoms with van der Waals surface area (Å²) in [4.78, 5) is 11.9. The second-order valence-electron chi connectivity index (χ2n) is 4.68. The average molecular weight is 308 g/mol. The minimum atomic E-state index is -1.44. The summed E-state index contributed by atoms with van der Waals surface area (Å²) in [6, 6.07) is 12.4.